The Hall–Kier alpha value is -1.52. The molecule has 0 aliphatic carbocycles. The Bertz CT molecular complexity index is 679. The van der Waals surface area contributed by atoms with E-state index in [9.17, 15) is 9.90 Å². The lowest BCUT2D eigenvalue weighted by atomic mass is 9.98. The molecule has 1 aromatic carbocycles. The van der Waals surface area contributed by atoms with Crippen molar-refractivity contribution in [3.05, 3.63) is 34.5 Å². The third-order valence-electron chi connectivity index (χ3n) is 4.16. The molecule has 0 saturated carbocycles. The number of aryl methyl sites for hydroxylation is 1. The second-order valence-electron chi connectivity index (χ2n) is 5.64. The number of benzene rings is 1. The molecule has 1 saturated heterocycles. The highest BCUT2D eigenvalue weighted by Crippen LogP contribution is 2.29. The zero-order valence-corrected chi connectivity index (χ0v) is 12.7. The van der Waals surface area contributed by atoms with Gasteiger partial charge in [0.2, 0.25) is 0 Å². The van der Waals surface area contributed by atoms with Crippen LogP contribution < -0.4 is 0 Å². The Kier molecular flexibility index (Phi) is 3.91. The molecule has 1 aliphatic heterocycles. The Labute approximate surface area is 128 Å². The largest absolute Gasteiger partial charge is 0.451 e. The number of fused-ring (bicyclic) bond motifs is 1. The number of likely N-dealkylation sites (tertiary alicyclic amines) is 1. The summed E-state index contributed by atoms with van der Waals surface area (Å²) < 4.78 is 5.73. The molecule has 2 heterocycles. The molecule has 1 amide bonds. The molecular weight excluding hydrogens is 290 g/mol. The second-order valence-corrected chi connectivity index (χ2v) is 6.08. The van der Waals surface area contributed by atoms with Crippen LogP contribution in [0.4, 0.5) is 0 Å². The van der Waals surface area contributed by atoms with Crippen LogP contribution in [0.5, 0.6) is 0 Å². The molecule has 1 aromatic heterocycles. The average Bonchev–Trinajstić information content (AvgIpc) is 2.83. The minimum atomic E-state index is -0.0991. The number of rotatable bonds is 2. The van der Waals surface area contributed by atoms with Crippen molar-refractivity contribution < 1.29 is 14.3 Å². The van der Waals surface area contributed by atoms with E-state index in [-0.39, 0.29) is 18.4 Å². The maximum absolute atomic E-state index is 12.7. The van der Waals surface area contributed by atoms with E-state index in [0.29, 0.717) is 29.5 Å². The minimum absolute atomic E-state index is 0.0991. The molecular formula is C16H18ClNO3. The summed E-state index contributed by atoms with van der Waals surface area (Å²) in [6.45, 7) is 3.31. The van der Waals surface area contributed by atoms with E-state index in [1.54, 1.807) is 17.0 Å². The minimum Gasteiger partial charge on any atom is -0.451 e. The van der Waals surface area contributed by atoms with Gasteiger partial charge in [0, 0.05) is 35.7 Å². The fraction of sp³-hybridized carbons (Fsp3) is 0.438. The van der Waals surface area contributed by atoms with E-state index in [0.717, 1.165) is 23.8 Å². The lowest BCUT2D eigenvalue weighted by Crippen LogP contribution is -2.41. The number of halogens is 1. The molecule has 112 valence electrons. The number of hydrogen-bond acceptors (Lipinski definition) is 3. The molecule has 1 fully saturated rings. The van der Waals surface area contributed by atoms with Gasteiger partial charge < -0.3 is 14.4 Å². The van der Waals surface area contributed by atoms with Crippen LogP contribution in [0.2, 0.25) is 5.02 Å². The molecule has 0 spiro atoms. The van der Waals surface area contributed by atoms with Crippen molar-refractivity contribution in [2.24, 2.45) is 5.92 Å². The topological polar surface area (TPSA) is 53.7 Å². The Morgan fingerprint density at radius 2 is 2.33 bits per heavy atom. The maximum atomic E-state index is 12.7. The lowest BCUT2D eigenvalue weighted by Gasteiger charge is -2.31. The molecule has 1 aliphatic rings. The fourth-order valence-corrected chi connectivity index (χ4v) is 3.11. The molecule has 3 rings (SSSR count). The molecule has 21 heavy (non-hydrogen) atoms. The molecule has 1 N–H and O–H groups in total. The van der Waals surface area contributed by atoms with Crippen molar-refractivity contribution in [2.75, 3.05) is 19.7 Å². The average molecular weight is 308 g/mol. The number of carbonyl (C=O) groups excluding carboxylic acids is 1. The van der Waals surface area contributed by atoms with Crippen LogP contribution >= 0.6 is 11.6 Å². The monoisotopic (exact) mass is 307 g/mol. The third-order valence-corrected chi connectivity index (χ3v) is 4.39. The first kappa shape index (κ1) is 14.4. The summed E-state index contributed by atoms with van der Waals surface area (Å²) in [5.41, 5.74) is 1.50. The van der Waals surface area contributed by atoms with Crippen LogP contribution in [0.1, 0.15) is 29.0 Å². The standard InChI is InChI=1S/C16H18ClNO3/c1-10-13-7-12(17)4-5-14(13)21-15(10)16(20)18-6-2-3-11(8-18)9-19/h4-5,7,11,19H,2-3,6,8-9H2,1H3. The normalized spacial score (nSPS) is 19.2. The summed E-state index contributed by atoms with van der Waals surface area (Å²) in [7, 11) is 0. The molecule has 0 bridgehead atoms. The van der Waals surface area contributed by atoms with Crippen LogP contribution in [-0.4, -0.2) is 35.6 Å². The summed E-state index contributed by atoms with van der Waals surface area (Å²) in [5.74, 6) is 0.450. The Morgan fingerprint density at radius 1 is 1.52 bits per heavy atom. The summed E-state index contributed by atoms with van der Waals surface area (Å²) in [6.07, 6.45) is 1.89. The smallest absolute Gasteiger partial charge is 0.289 e. The van der Waals surface area contributed by atoms with Gasteiger partial charge >= 0.3 is 0 Å². The number of nitrogens with zero attached hydrogens (tertiary/aromatic N) is 1. The summed E-state index contributed by atoms with van der Waals surface area (Å²) in [4.78, 5) is 14.4. The van der Waals surface area contributed by atoms with Gasteiger partial charge in [-0.05, 0) is 43.9 Å². The quantitative estimate of drug-likeness (QED) is 0.926. The van der Waals surface area contributed by atoms with Crippen LogP contribution in [0.3, 0.4) is 0 Å². The summed E-state index contributed by atoms with van der Waals surface area (Å²) >= 11 is 6.00. The first-order valence-electron chi connectivity index (χ1n) is 7.19. The molecule has 1 atom stereocenters. The molecule has 4 nitrogen and oxygen atoms in total. The number of aliphatic hydroxyl groups excluding tert-OH is 1. The number of carbonyl (C=O) groups is 1. The van der Waals surface area contributed by atoms with Gasteiger partial charge in [0.25, 0.3) is 5.91 Å². The highest BCUT2D eigenvalue weighted by molar-refractivity contribution is 6.31. The zero-order chi connectivity index (χ0) is 15.0. The molecule has 5 heteroatoms. The second kappa shape index (κ2) is 5.70. The fourth-order valence-electron chi connectivity index (χ4n) is 2.94. The number of amides is 1. The van der Waals surface area contributed by atoms with Crippen LogP contribution in [0.15, 0.2) is 22.6 Å². The van der Waals surface area contributed by atoms with Crippen molar-refractivity contribution in [2.45, 2.75) is 19.8 Å². The van der Waals surface area contributed by atoms with E-state index >= 15 is 0 Å². The van der Waals surface area contributed by atoms with Gasteiger partial charge in [-0.25, -0.2) is 0 Å². The molecule has 0 radical (unpaired) electrons. The first-order chi connectivity index (χ1) is 10.1. The van der Waals surface area contributed by atoms with Gasteiger partial charge in [0.1, 0.15) is 5.58 Å². The predicted molar refractivity (Wildman–Crippen MR) is 81.7 cm³/mol. The van der Waals surface area contributed by atoms with E-state index < -0.39 is 0 Å². The summed E-state index contributed by atoms with van der Waals surface area (Å²) in [6, 6.07) is 5.36. The van der Waals surface area contributed by atoms with Crippen LogP contribution in [0, 0.1) is 12.8 Å². The van der Waals surface area contributed by atoms with Gasteiger partial charge in [-0.15, -0.1) is 0 Å². The van der Waals surface area contributed by atoms with Gasteiger partial charge in [-0.1, -0.05) is 11.6 Å². The van der Waals surface area contributed by atoms with Crippen molar-refractivity contribution in [1.29, 1.82) is 0 Å². The van der Waals surface area contributed by atoms with E-state index in [2.05, 4.69) is 0 Å². The number of hydrogen-bond donors (Lipinski definition) is 1. The zero-order valence-electron chi connectivity index (χ0n) is 11.9. The molecule has 2 aromatic rings. The first-order valence-corrected chi connectivity index (χ1v) is 7.56. The summed E-state index contributed by atoms with van der Waals surface area (Å²) in [5, 5.41) is 10.8. The van der Waals surface area contributed by atoms with Gasteiger partial charge in [0.05, 0.1) is 0 Å². The van der Waals surface area contributed by atoms with Crippen molar-refractivity contribution in [3.8, 4) is 0 Å². The molecule has 1 unspecified atom stereocenters. The van der Waals surface area contributed by atoms with E-state index in [1.165, 1.54) is 0 Å². The van der Waals surface area contributed by atoms with E-state index in [4.69, 9.17) is 16.0 Å². The van der Waals surface area contributed by atoms with Gasteiger partial charge in [0.15, 0.2) is 5.76 Å². The number of piperidine rings is 1. The maximum Gasteiger partial charge on any atom is 0.289 e. The lowest BCUT2D eigenvalue weighted by molar-refractivity contribution is 0.0591. The Balaban J connectivity index is 1.92. The Morgan fingerprint density at radius 3 is 3.10 bits per heavy atom. The van der Waals surface area contributed by atoms with E-state index in [1.807, 2.05) is 13.0 Å². The van der Waals surface area contributed by atoms with Gasteiger partial charge in [-0.2, -0.15) is 0 Å². The predicted octanol–water partition coefficient (Wildman–Crippen LogP) is 3.24. The SMILES string of the molecule is Cc1c(C(=O)N2CCCC(CO)C2)oc2ccc(Cl)cc12. The van der Waals surface area contributed by atoms with Crippen molar-refractivity contribution >= 4 is 28.5 Å². The number of aliphatic hydroxyl groups is 1. The number of furan rings is 1. The van der Waals surface area contributed by atoms with Crippen molar-refractivity contribution in [3.63, 3.8) is 0 Å². The highest BCUT2D eigenvalue weighted by atomic mass is 35.5. The third kappa shape index (κ3) is 2.65. The van der Waals surface area contributed by atoms with Crippen LogP contribution in [0.25, 0.3) is 11.0 Å². The van der Waals surface area contributed by atoms with Crippen molar-refractivity contribution in [1.82, 2.24) is 4.90 Å². The van der Waals surface area contributed by atoms with Gasteiger partial charge in [-0.3, -0.25) is 4.79 Å². The van der Waals surface area contributed by atoms with Crippen LogP contribution in [-0.2, 0) is 0 Å². The highest BCUT2D eigenvalue weighted by Gasteiger charge is 2.27.